The van der Waals surface area contributed by atoms with Crippen LogP contribution in [0.1, 0.15) is 54.4 Å². The van der Waals surface area contributed by atoms with E-state index in [2.05, 4.69) is 78.9 Å². The topological polar surface area (TPSA) is 0 Å². The fraction of sp³-hybridized carbons (Fsp3) is 0.636. The Balaban J connectivity index is 2.24. The number of allylic oxidation sites excluding steroid dienone is 8. The van der Waals surface area contributed by atoms with Crippen LogP contribution in [0, 0.1) is 10.8 Å². The minimum atomic E-state index is -2.78. The van der Waals surface area contributed by atoms with Crippen LogP contribution in [0.4, 0.5) is 0 Å². The van der Waals surface area contributed by atoms with Crippen LogP contribution in [-0.2, 0) is 20.0 Å². The molecule has 3 aliphatic rings. The first-order chi connectivity index (χ1) is 10.9. The number of hydrogen-bond donors (Lipinski definition) is 0. The Morgan fingerprint density at radius 3 is 1.50 bits per heavy atom. The molecule has 0 radical (unpaired) electrons. The maximum atomic E-state index is 2.61. The average molecular weight is 507 g/mol. The van der Waals surface area contributed by atoms with E-state index in [4.69, 9.17) is 0 Å². The molecule has 0 aromatic carbocycles. The molecule has 24 heavy (non-hydrogen) atoms. The third kappa shape index (κ3) is 3.11. The molecule has 132 valence electrons. The molecule has 0 aromatic rings. The fourth-order valence-electron chi connectivity index (χ4n) is 5.71. The Morgan fingerprint density at radius 1 is 0.792 bits per heavy atom. The predicted octanol–water partition coefficient (Wildman–Crippen LogP) is 7.30. The van der Waals surface area contributed by atoms with Crippen molar-refractivity contribution in [3.8, 4) is 0 Å². The van der Waals surface area contributed by atoms with E-state index >= 15 is 0 Å². The van der Waals surface area contributed by atoms with E-state index in [0.29, 0.717) is 10.8 Å². The van der Waals surface area contributed by atoms with Crippen molar-refractivity contribution in [1.29, 1.82) is 0 Å². The van der Waals surface area contributed by atoms with Gasteiger partial charge in [-0.3, -0.25) is 0 Å². The van der Waals surface area contributed by atoms with Crippen LogP contribution in [0.25, 0.3) is 0 Å². The summed E-state index contributed by atoms with van der Waals surface area (Å²) in [4.78, 5) is 0. The molecule has 0 nitrogen and oxygen atoms in total. The zero-order chi connectivity index (χ0) is 18.0. The van der Waals surface area contributed by atoms with Crippen LogP contribution < -0.4 is 0 Å². The standard InChI is InChI=1S/C12H14Si.2C5H11.Hf/c1-13(2,11-7-3-4-8-11)12-9-5-6-10-12;2*1-5(2,3)4;/h3,5,7,9H,4,6H2,1-2H3;2*1H2,2-4H3;. The summed E-state index contributed by atoms with van der Waals surface area (Å²) in [6.07, 6.45) is 12.7. The first kappa shape index (κ1) is 18.8. The molecule has 2 aliphatic carbocycles. The van der Waals surface area contributed by atoms with E-state index < -0.39 is 28.0 Å². The van der Waals surface area contributed by atoms with Crippen LogP contribution in [0.2, 0.25) is 21.4 Å². The van der Waals surface area contributed by atoms with Gasteiger partial charge >= 0.3 is 156 Å². The summed E-state index contributed by atoms with van der Waals surface area (Å²) in [5.74, 6) is 0. The zero-order valence-electron chi connectivity index (χ0n) is 17.1. The zero-order valence-corrected chi connectivity index (χ0v) is 21.7. The summed E-state index contributed by atoms with van der Waals surface area (Å²) in [5, 5.41) is 3.70. The molecular formula is C22H36HfSi. The van der Waals surface area contributed by atoms with Crippen molar-refractivity contribution in [2.24, 2.45) is 10.8 Å². The van der Waals surface area contributed by atoms with Gasteiger partial charge in [0.2, 0.25) is 0 Å². The maximum absolute atomic E-state index is 2.78. The van der Waals surface area contributed by atoms with Gasteiger partial charge in [0.1, 0.15) is 0 Å². The molecule has 1 aliphatic heterocycles. The van der Waals surface area contributed by atoms with Gasteiger partial charge in [-0.2, -0.15) is 0 Å². The summed E-state index contributed by atoms with van der Waals surface area (Å²) >= 11 is -2.78. The van der Waals surface area contributed by atoms with Crippen molar-refractivity contribution in [2.75, 3.05) is 0 Å². The normalized spacial score (nSPS) is 24.7. The predicted molar refractivity (Wildman–Crippen MR) is 108 cm³/mol. The van der Waals surface area contributed by atoms with Crippen LogP contribution in [-0.4, -0.2) is 8.07 Å². The minimum absolute atomic E-state index is 0.442. The summed E-state index contributed by atoms with van der Waals surface area (Å²) < 4.78 is 7.05. The van der Waals surface area contributed by atoms with Gasteiger partial charge in [0.15, 0.2) is 0 Å². The van der Waals surface area contributed by atoms with E-state index in [1.807, 2.05) is 17.1 Å². The second-order valence-corrected chi connectivity index (χ2v) is 30.2. The average Bonchev–Trinajstić information content (AvgIpc) is 3.03. The number of rotatable bonds is 2. The Kier molecular flexibility index (Phi) is 4.53. The quantitative estimate of drug-likeness (QED) is 0.345. The van der Waals surface area contributed by atoms with Gasteiger partial charge in [0.05, 0.1) is 0 Å². The summed E-state index contributed by atoms with van der Waals surface area (Å²) in [5.41, 5.74) is 0.883. The first-order valence-electron chi connectivity index (χ1n) is 9.68. The van der Waals surface area contributed by atoms with Gasteiger partial charge in [0.25, 0.3) is 0 Å². The van der Waals surface area contributed by atoms with Crippen LogP contribution in [0.3, 0.4) is 0 Å². The van der Waals surface area contributed by atoms with Crippen molar-refractivity contribution < 1.29 is 20.0 Å². The van der Waals surface area contributed by atoms with Gasteiger partial charge in [-0.05, 0) is 0 Å². The van der Waals surface area contributed by atoms with Crippen molar-refractivity contribution in [1.82, 2.24) is 0 Å². The second-order valence-electron chi connectivity index (χ2n) is 11.2. The molecule has 0 N–H and O–H groups in total. The van der Waals surface area contributed by atoms with Gasteiger partial charge in [-0.1, -0.05) is 0 Å². The molecule has 0 saturated carbocycles. The molecule has 1 heterocycles. The third-order valence-electron chi connectivity index (χ3n) is 6.03. The van der Waals surface area contributed by atoms with E-state index in [0.717, 1.165) is 0 Å². The molecule has 0 aromatic heterocycles. The molecule has 0 atom stereocenters. The van der Waals surface area contributed by atoms with Crippen LogP contribution >= 0.6 is 0 Å². The summed E-state index contributed by atoms with van der Waals surface area (Å²) in [7, 11) is -1.45. The van der Waals surface area contributed by atoms with Gasteiger partial charge in [-0.15, -0.1) is 0 Å². The molecule has 3 rings (SSSR count). The van der Waals surface area contributed by atoms with E-state index in [1.54, 1.807) is 0 Å². The Bertz CT molecular complexity index is 614. The molecule has 2 heteroatoms. The first-order valence-corrected chi connectivity index (χ1v) is 21.4. The second kappa shape index (κ2) is 5.77. The molecule has 0 bridgehead atoms. The Morgan fingerprint density at radius 2 is 1.17 bits per heavy atom. The van der Waals surface area contributed by atoms with Gasteiger partial charge < -0.3 is 0 Å². The fourth-order valence-corrected chi connectivity index (χ4v) is 45.2. The van der Waals surface area contributed by atoms with Crippen molar-refractivity contribution >= 4 is 8.07 Å². The molecule has 0 fully saturated rings. The Labute approximate surface area is 155 Å². The van der Waals surface area contributed by atoms with Crippen molar-refractivity contribution in [3.05, 3.63) is 41.4 Å². The SMILES string of the molecule is CC(C)(C)[CH2][Hf]1([CH2]C(C)(C)C)[C]2=C(C=CC2)[Si](C)(C)C2=[C]1CC=C2. The Hall–Kier alpha value is 0.0470. The van der Waals surface area contributed by atoms with Crippen LogP contribution in [0.15, 0.2) is 41.4 Å². The third-order valence-corrected chi connectivity index (χ3v) is 35.1. The molecule has 0 unspecified atom stereocenters. The van der Waals surface area contributed by atoms with Crippen molar-refractivity contribution in [3.63, 3.8) is 0 Å². The van der Waals surface area contributed by atoms with E-state index in [1.165, 1.54) is 21.2 Å². The van der Waals surface area contributed by atoms with Crippen molar-refractivity contribution in [2.45, 2.75) is 75.8 Å². The van der Waals surface area contributed by atoms with E-state index in [9.17, 15) is 0 Å². The van der Waals surface area contributed by atoms with Gasteiger partial charge in [-0.25, -0.2) is 0 Å². The molecule has 0 saturated heterocycles. The van der Waals surface area contributed by atoms with Crippen LogP contribution in [0.5, 0.6) is 0 Å². The summed E-state index contributed by atoms with van der Waals surface area (Å²) in [6, 6.07) is 0. The van der Waals surface area contributed by atoms with E-state index in [-0.39, 0.29) is 0 Å². The summed E-state index contributed by atoms with van der Waals surface area (Å²) in [6.45, 7) is 20.1. The molecule has 0 amide bonds. The monoisotopic (exact) mass is 508 g/mol. The molecule has 0 spiro atoms. The molecular weight excluding hydrogens is 471 g/mol. The van der Waals surface area contributed by atoms with Gasteiger partial charge in [0, 0.05) is 0 Å². The number of hydrogen-bond acceptors (Lipinski definition) is 0.